The fourth-order valence-corrected chi connectivity index (χ4v) is 4.38. The Bertz CT molecular complexity index is 808. The van der Waals surface area contributed by atoms with Crippen molar-refractivity contribution in [2.24, 2.45) is 0 Å². The molecule has 2 aromatic carbocycles. The lowest BCUT2D eigenvalue weighted by atomic mass is 10.1. The van der Waals surface area contributed by atoms with Gasteiger partial charge in [-0.1, -0.05) is 72.8 Å². The number of hydrogen-bond donors (Lipinski definition) is 1. The fourth-order valence-electron chi connectivity index (χ4n) is 3.17. The van der Waals surface area contributed by atoms with Gasteiger partial charge in [-0.3, -0.25) is 9.59 Å². The van der Waals surface area contributed by atoms with Crippen LogP contribution in [0.2, 0.25) is 0 Å². The summed E-state index contributed by atoms with van der Waals surface area (Å²) >= 11 is 1.72. The van der Waals surface area contributed by atoms with Crippen molar-refractivity contribution in [3.63, 3.8) is 0 Å². The van der Waals surface area contributed by atoms with Gasteiger partial charge in [0, 0.05) is 12.3 Å². The van der Waals surface area contributed by atoms with Crippen molar-refractivity contribution in [3.8, 4) is 0 Å². The first-order valence-corrected chi connectivity index (χ1v) is 11.2. The Kier molecular flexibility index (Phi) is 8.38. The number of β-lactam (4-membered cyclic amide) rings is 1. The molecular weight excluding hydrogens is 380 g/mol. The van der Waals surface area contributed by atoms with E-state index in [0.717, 1.165) is 25.0 Å². The maximum atomic E-state index is 12.1. The number of thioether (sulfide) groups is 1. The van der Waals surface area contributed by atoms with Crippen molar-refractivity contribution in [3.05, 3.63) is 83.9 Å². The number of hydrogen-bond acceptors (Lipinski definition) is 3. The highest BCUT2D eigenvalue weighted by molar-refractivity contribution is 7.99. The highest BCUT2D eigenvalue weighted by Crippen LogP contribution is 2.31. The van der Waals surface area contributed by atoms with Gasteiger partial charge in [-0.15, -0.1) is 11.8 Å². The number of carbonyl (C=O) groups excluding carboxylic acids is 2. The van der Waals surface area contributed by atoms with Crippen LogP contribution in [-0.4, -0.2) is 35.2 Å². The highest BCUT2D eigenvalue weighted by atomic mass is 32.2. The molecule has 1 atom stereocenters. The van der Waals surface area contributed by atoms with Gasteiger partial charge in [-0.25, -0.2) is 0 Å². The minimum Gasteiger partial charge on any atom is -0.354 e. The molecule has 1 heterocycles. The topological polar surface area (TPSA) is 49.4 Å². The molecule has 0 spiro atoms. The van der Waals surface area contributed by atoms with Gasteiger partial charge in [0.05, 0.1) is 11.8 Å². The van der Waals surface area contributed by atoms with E-state index in [9.17, 15) is 9.59 Å². The zero-order valence-corrected chi connectivity index (χ0v) is 17.4. The molecule has 29 heavy (non-hydrogen) atoms. The summed E-state index contributed by atoms with van der Waals surface area (Å²) in [5, 5.41) is 3.02. The molecule has 1 N–H and O–H groups in total. The van der Waals surface area contributed by atoms with Gasteiger partial charge in [0.2, 0.25) is 11.8 Å². The van der Waals surface area contributed by atoms with E-state index in [4.69, 9.17) is 0 Å². The zero-order valence-electron chi connectivity index (χ0n) is 16.6. The normalized spacial score (nSPS) is 16.1. The number of benzene rings is 2. The summed E-state index contributed by atoms with van der Waals surface area (Å²) in [6.45, 7) is 0.757. The second-order valence-electron chi connectivity index (χ2n) is 7.11. The quantitative estimate of drug-likeness (QED) is 0.345. The molecule has 0 saturated carbocycles. The first-order valence-electron chi connectivity index (χ1n) is 10.1. The third-order valence-corrected chi connectivity index (χ3v) is 6.16. The lowest BCUT2D eigenvalue weighted by molar-refractivity contribution is -0.145. The lowest BCUT2D eigenvalue weighted by Gasteiger charge is -2.39. The van der Waals surface area contributed by atoms with Gasteiger partial charge in [-0.2, -0.15) is 0 Å². The number of aryl methyl sites for hydroxylation is 1. The van der Waals surface area contributed by atoms with Crippen LogP contribution in [0.4, 0.5) is 0 Å². The van der Waals surface area contributed by atoms with E-state index in [2.05, 4.69) is 53.9 Å². The van der Waals surface area contributed by atoms with E-state index in [1.54, 1.807) is 16.7 Å². The van der Waals surface area contributed by atoms with Gasteiger partial charge in [0.25, 0.3) is 0 Å². The Hall–Kier alpha value is -2.53. The number of amides is 2. The van der Waals surface area contributed by atoms with E-state index < -0.39 is 0 Å². The average molecular weight is 409 g/mol. The van der Waals surface area contributed by atoms with Gasteiger partial charge in [0.1, 0.15) is 6.54 Å². The first kappa shape index (κ1) is 21.2. The molecule has 0 radical (unpaired) electrons. The summed E-state index contributed by atoms with van der Waals surface area (Å²) in [5.41, 5.74) is 2.57. The number of carbonyl (C=O) groups is 2. The predicted molar refractivity (Wildman–Crippen MR) is 119 cm³/mol. The number of nitrogens with zero attached hydrogens (tertiary/aromatic N) is 1. The molecular formula is C24H28N2O2S. The molecule has 2 amide bonds. The van der Waals surface area contributed by atoms with Gasteiger partial charge in [0.15, 0.2) is 0 Å². The Balaban J connectivity index is 1.28. The smallest absolute Gasteiger partial charge is 0.239 e. The minimum absolute atomic E-state index is 0.0616. The van der Waals surface area contributed by atoms with E-state index in [1.807, 2.05) is 24.3 Å². The van der Waals surface area contributed by atoms with Crippen molar-refractivity contribution >= 4 is 23.6 Å². The third-order valence-electron chi connectivity index (χ3n) is 4.86. The second-order valence-corrected chi connectivity index (χ2v) is 8.28. The van der Waals surface area contributed by atoms with Crippen LogP contribution in [0.3, 0.4) is 0 Å². The molecule has 3 rings (SSSR count). The minimum atomic E-state index is -0.0824. The Morgan fingerprint density at radius 1 is 1.00 bits per heavy atom. The summed E-state index contributed by atoms with van der Waals surface area (Å²) in [6, 6.07) is 20.6. The molecule has 0 aliphatic carbocycles. The molecule has 1 fully saturated rings. The van der Waals surface area contributed by atoms with E-state index in [-0.39, 0.29) is 23.7 Å². The van der Waals surface area contributed by atoms with Crippen molar-refractivity contribution in [2.45, 2.75) is 36.8 Å². The first-order chi connectivity index (χ1) is 14.2. The molecule has 152 valence electrons. The van der Waals surface area contributed by atoms with Crippen LogP contribution in [0.15, 0.2) is 72.8 Å². The van der Waals surface area contributed by atoms with E-state index >= 15 is 0 Å². The maximum Gasteiger partial charge on any atom is 0.239 e. The van der Waals surface area contributed by atoms with Crippen LogP contribution in [0, 0.1) is 0 Å². The fraction of sp³-hybridized carbons (Fsp3) is 0.333. The molecule has 5 heteroatoms. The van der Waals surface area contributed by atoms with Gasteiger partial charge >= 0.3 is 0 Å². The SMILES string of the molecule is O=C(CN1C(=O)CC1SCc1ccccc1)NCC/C=C\CCc1ccccc1. The van der Waals surface area contributed by atoms with Crippen LogP contribution in [0.5, 0.6) is 0 Å². The van der Waals surface area contributed by atoms with Gasteiger partial charge < -0.3 is 10.2 Å². The van der Waals surface area contributed by atoms with Crippen molar-refractivity contribution in [2.75, 3.05) is 13.1 Å². The Labute approximate surface area is 177 Å². The molecule has 0 aromatic heterocycles. The van der Waals surface area contributed by atoms with Crippen molar-refractivity contribution in [1.29, 1.82) is 0 Å². The maximum absolute atomic E-state index is 12.1. The lowest BCUT2D eigenvalue weighted by Crippen LogP contribution is -2.54. The molecule has 2 aromatic rings. The molecule has 0 bridgehead atoms. The number of nitrogens with one attached hydrogen (secondary N) is 1. The zero-order chi connectivity index (χ0) is 20.3. The molecule has 4 nitrogen and oxygen atoms in total. The third kappa shape index (κ3) is 7.09. The molecule has 1 unspecified atom stereocenters. The van der Waals surface area contributed by atoms with Crippen LogP contribution in [-0.2, 0) is 21.8 Å². The monoisotopic (exact) mass is 408 g/mol. The van der Waals surface area contributed by atoms with E-state index in [1.165, 1.54) is 11.1 Å². The number of rotatable bonds is 11. The van der Waals surface area contributed by atoms with Crippen molar-refractivity contribution in [1.82, 2.24) is 10.2 Å². The molecule has 1 aliphatic rings. The van der Waals surface area contributed by atoms with Crippen molar-refractivity contribution < 1.29 is 9.59 Å². The van der Waals surface area contributed by atoms with Crippen LogP contribution in [0.25, 0.3) is 0 Å². The molecule has 1 aliphatic heterocycles. The summed E-state index contributed by atoms with van der Waals surface area (Å²) in [4.78, 5) is 25.7. The Morgan fingerprint density at radius 3 is 2.34 bits per heavy atom. The summed E-state index contributed by atoms with van der Waals surface area (Å²) in [6.07, 6.45) is 7.63. The predicted octanol–water partition coefficient (Wildman–Crippen LogP) is 4.17. The van der Waals surface area contributed by atoms with Crippen LogP contribution < -0.4 is 5.32 Å². The average Bonchev–Trinajstić information content (AvgIpc) is 2.75. The van der Waals surface area contributed by atoms with Crippen LogP contribution in [0.1, 0.15) is 30.4 Å². The van der Waals surface area contributed by atoms with Crippen LogP contribution >= 0.6 is 11.8 Å². The van der Waals surface area contributed by atoms with Gasteiger partial charge in [-0.05, 0) is 30.4 Å². The number of allylic oxidation sites excluding steroid dienone is 1. The van der Waals surface area contributed by atoms with E-state index in [0.29, 0.717) is 13.0 Å². The second kappa shape index (κ2) is 11.5. The summed E-state index contributed by atoms with van der Waals surface area (Å²) in [7, 11) is 0. The standard InChI is InChI=1S/C24H28N2O2S/c27-22(25-16-10-2-1-5-11-20-12-6-3-7-13-20)18-26-23(28)17-24(26)29-19-21-14-8-4-9-15-21/h1-4,6-9,12-15,24H,5,10-11,16-19H2,(H,25,27)/b2-1-. The summed E-state index contributed by atoms with van der Waals surface area (Å²) < 4.78 is 0. The number of likely N-dealkylation sites (tertiary alicyclic amines) is 1. The molecule has 1 saturated heterocycles. The Morgan fingerprint density at radius 2 is 1.66 bits per heavy atom. The highest BCUT2D eigenvalue weighted by Gasteiger charge is 2.37. The summed E-state index contributed by atoms with van der Waals surface area (Å²) in [5.74, 6) is 0.831. The largest absolute Gasteiger partial charge is 0.354 e.